The first kappa shape index (κ1) is 15.4. The van der Waals surface area contributed by atoms with Gasteiger partial charge >= 0.3 is 0 Å². The highest BCUT2D eigenvalue weighted by molar-refractivity contribution is 5.92. The van der Waals surface area contributed by atoms with Crippen LogP contribution in [-0.4, -0.2) is 47.1 Å². The molecule has 0 radical (unpaired) electrons. The van der Waals surface area contributed by atoms with Gasteiger partial charge < -0.3 is 15.0 Å². The Morgan fingerprint density at radius 1 is 1.26 bits per heavy atom. The standard InChI is InChI=1S/C16H17FN4O2/c17-13-4-2-1-3-12(13)10-18-15-9-14(19-11-20-15)16(22)21-5-7-23-8-6-21/h1-4,9,11H,5-8,10H2,(H,18,19,20). The van der Waals surface area contributed by atoms with Crippen LogP contribution in [0.25, 0.3) is 0 Å². The van der Waals surface area contributed by atoms with Crippen molar-refractivity contribution in [1.29, 1.82) is 0 Å². The van der Waals surface area contributed by atoms with Crippen LogP contribution in [0.5, 0.6) is 0 Å². The van der Waals surface area contributed by atoms with Crippen molar-refractivity contribution in [3.8, 4) is 0 Å². The molecule has 0 bridgehead atoms. The molecule has 1 N–H and O–H groups in total. The Bertz CT molecular complexity index is 689. The molecule has 1 aromatic heterocycles. The van der Waals surface area contributed by atoms with Crippen molar-refractivity contribution >= 4 is 11.7 Å². The third-order valence-electron chi connectivity index (χ3n) is 3.60. The second-order valence-corrected chi connectivity index (χ2v) is 5.14. The molecule has 6 nitrogen and oxygen atoms in total. The van der Waals surface area contributed by atoms with Crippen LogP contribution in [0.2, 0.25) is 0 Å². The van der Waals surface area contributed by atoms with Gasteiger partial charge in [-0.15, -0.1) is 0 Å². The number of carbonyl (C=O) groups excluding carboxylic acids is 1. The van der Waals surface area contributed by atoms with Crippen LogP contribution in [0.15, 0.2) is 36.7 Å². The highest BCUT2D eigenvalue weighted by atomic mass is 19.1. The number of aromatic nitrogens is 2. The Kier molecular flexibility index (Phi) is 4.77. The summed E-state index contributed by atoms with van der Waals surface area (Å²) in [6.45, 7) is 2.47. The van der Waals surface area contributed by atoms with Gasteiger partial charge in [-0.1, -0.05) is 18.2 Å². The molecule has 0 unspecified atom stereocenters. The maximum atomic E-state index is 13.6. The van der Waals surface area contributed by atoms with E-state index < -0.39 is 0 Å². The number of anilines is 1. The Hall–Kier alpha value is -2.54. The number of amides is 1. The van der Waals surface area contributed by atoms with Crippen LogP contribution in [0.4, 0.5) is 10.2 Å². The van der Waals surface area contributed by atoms with E-state index in [2.05, 4.69) is 15.3 Å². The fourth-order valence-corrected chi connectivity index (χ4v) is 2.33. The van der Waals surface area contributed by atoms with Crippen molar-refractivity contribution in [1.82, 2.24) is 14.9 Å². The number of nitrogens with one attached hydrogen (secondary N) is 1. The van der Waals surface area contributed by atoms with Crippen LogP contribution >= 0.6 is 0 Å². The van der Waals surface area contributed by atoms with Crippen LogP contribution in [0, 0.1) is 5.82 Å². The molecule has 0 saturated carbocycles. The molecule has 0 atom stereocenters. The molecule has 1 aliphatic heterocycles. The maximum Gasteiger partial charge on any atom is 0.272 e. The second kappa shape index (κ2) is 7.15. The number of rotatable bonds is 4. The second-order valence-electron chi connectivity index (χ2n) is 5.14. The fraction of sp³-hybridized carbons (Fsp3) is 0.312. The van der Waals surface area contributed by atoms with E-state index in [4.69, 9.17) is 4.74 Å². The van der Waals surface area contributed by atoms with Crippen molar-refractivity contribution in [2.75, 3.05) is 31.6 Å². The van der Waals surface area contributed by atoms with Crippen molar-refractivity contribution in [3.05, 3.63) is 53.7 Å². The number of morpholine rings is 1. The summed E-state index contributed by atoms with van der Waals surface area (Å²) < 4.78 is 18.8. The molecule has 7 heteroatoms. The van der Waals surface area contributed by atoms with E-state index in [1.807, 2.05) is 0 Å². The number of nitrogens with zero attached hydrogens (tertiary/aromatic N) is 3. The zero-order valence-electron chi connectivity index (χ0n) is 12.5. The van der Waals surface area contributed by atoms with Gasteiger partial charge in [0.1, 0.15) is 23.7 Å². The normalized spacial score (nSPS) is 14.6. The lowest BCUT2D eigenvalue weighted by molar-refractivity contribution is 0.0299. The summed E-state index contributed by atoms with van der Waals surface area (Å²) in [7, 11) is 0. The van der Waals surface area contributed by atoms with Crippen molar-refractivity contribution < 1.29 is 13.9 Å². The minimum absolute atomic E-state index is 0.148. The number of carbonyl (C=O) groups is 1. The van der Waals surface area contributed by atoms with E-state index in [9.17, 15) is 9.18 Å². The van der Waals surface area contributed by atoms with Crippen LogP contribution in [-0.2, 0) is 11.3 Å². The molecule has 2 heterocycles. The summed E-state index contributed by atoms with van der Waals surface area (Å²) in [5, 5.41) is 3.01. The van der Waals surface area contributed by atoms with Gasteiger partial charge in [-0.3, -0.25) is 4.79 Å². The molecule has 0 aliphatic carbocycles. The number of hydrogen-bond acceptors (Lipinski definition) is 5. The summed E-state index contributed by atoms with van der Waals surface area (Å²) in [5.41, 5.74) is 0.852. The van der Waals surface area contributed by atoms with Gasteiger partial charge in [0, 0.05) is 31.3 Å². The first-order valence-electron chi connectivity index (χ1n) is 7.40. The van der Waals surface area contributed by atoms with Gasteiger partial charge in [-0.25, -0.2) is 14.4 Å². The number of ether oxygens (including phenoxy) is 1. The molecule has 1 fully saturated rings. The molecular formula is C16H17FN4O2. The van der Waals surface area contributed by atoms with Crippen molar-refractivity contribution in [3.63, 3.8) is 0 Å². The van der Waals surface area contributed by atoms with Gasteiger partial charge in [0.15, 0.2) is 0 Å². The highest BCUT2D eigenvalue weighted by Gasteiger charge is 2.20. The Morgan fingerprint density at radius 2 is 2.04 bits per heavy atom. The minimum atomic E-state index is -0.279. The molecule has 3 rings (SSSR count). The first-order valence-corrected chi connectivity index (χ1v) is 7.40. The topological polar surface area (TPSA) is 67.4 Å². The Balaban J connectivity index is 1.67. The average Bonchev–Trinajstić information content (AvgIpc) is 2.61. The molecule has 23 heavy (non-hydrogen) atoms. The molecule has 1 saturated heterocycles. The molecule has 1 aromatic carbocycles. The number of hydrogen-bond donors (Lipinski definition) is 1. The lowest BCUT2D eigenvalue weighted by atomic mass is 10.2. The van der Waals surface area contributed by atoms with E-state index in [0.29, 0.717) is 43.4 Å². The summed E-state index contributed by atoms with van der Waals surface area (Å²) in [6.07, 6.45) is 1.33. The summed E-state index contributed by atoms with van der Waals surface area (Å²) in [4.78, 5) is 22.2. The molecule has 1 aliphatic rings. The highest BCUT2D eigenvalue weighted by Crippen LogP contribution is 2.12. The largest absolute Gasteiger partial charge is 0.378 e. The van der Waals surface area contributed by atoms with Gasteiger partial charge in [0.05, 0.1) is 13.2 Å². The smallest absolute Gasteiger partial charge is 0.272 e. The van der Waals surface area contributed by atoms with Gasteiger partial charge in [0.2, 0.25) is 0 Å². The molecule has 0 spiro atoms. The summed E-state index contributed by atoms with van der Waals surface area (Å²) in [6, 6.07) is 8.10. The SMILES string of the molecule is O=C(c1cc(NCc2ccccc2F)ncn1)N1CCOCC1. The molecular weight excluding hydrogens is 299 g/mol. The Morgan fingerprint density at radius 3 is 2.83 bits per heavy atom. The lowest BCUT2D eigenvalue weighted by Crippen LogP contribution is -2.41. The average molecular weight is 316 g/mol. The molecule has 1 amide bonds. The molecule has 2 aromatic rings. The maximum absolute atomic E-state index is 13.6. The predicted molar refractivity (Wildman–Crippen MR) is 82.5 cm³/mol. The van der Waals surface area contributed by atoms with Crippen molar-refractivity contribution in [2.45, 2.75) is 6.54 Å². The van der Waals surface area contributed by atoms with Crippen molar-refractivity contribution in [2.24, 2.45) is 0 Å². The summed E-state index contributed by atoms with van der Waals surface area (Å²) in [5.74, 6) is 0.0585. The molecule has 120 valence electrons. The zero-order chi connectivity index (χ0) is 16.1. The van der Waals surface area contributed by atoms with Crippen LogP contribution in [0.3, 0.4) is 0 Å². The monoisotopic (exact) mass is 316 g/mol. The Labute approximate surface area is 133 Å². The van der Waals surface area contributed by atoms with E-state index in [1.165, 1.54) is 12.4 Å². The van der Waals surface area contributed by atoms with Crippen LogP contribution in [0.1, 0.15) is 16.1 Å². The fourth-order valence-electron chi connectivity index (χ4n) is 2.33. The first-order chi connectivity index (χ1) is 11.2. The van der Waals surface area contributed by atoms with E-state index in [1.54, 1.807) is 29.2 Å². The predicted octanol–water partition coefficient (Wildman–Crippen LogP) is 1.70. The van der Waals surface area contributed by atoms with E-state index in [0.717, 1.165) is 0 Å². The van der Waals surface area contributed by atoms with Gasteiger partial charge in [0.25, 0.3) is 5.91 Å². The van der Waals surface area contributed by atoms with E-state index in [-0.39, 0.29) is 18.3 Å². The number of benzene rings is 1. The third-order valence-corrected chi connectivity index (χ3v) is 3.60. The van der Waals surface area contributed by atoms with Gasteiger partial charge in [-0.05, 0) is 6.07 Å². The quantitative estimate of drug-likeness (QED) is 0.930. The minimum Gasteiger partial charge on any atom is -0.378 e. The summed E-state index contributed by atoms with van der Waals surface area (Å²) >= 11 is 0. The third kappa shape index (κ3) is 3.81. The van der Waals surface area contributed by atoms with E-state index >= 15 is 0 Å². The zero-order valence-corrected chi connectivity index (χ0v) is 12.5. The van der Waals surface area contributed by atoms with Crippen LogP contribution < -0.4 is 5.32 Å². The number of halogens is 1. The lowest BCUT2D eigenvalue weighted by Gasteiger charge is -2.26. The van der Waals surface area contributed by atoms with Gasteiger partial charge in [-0.2, -0.15) is 0 Å².